The summed E-state index contributed by atoms with van der Waals surface area (Å²) in [5.41, 5.74) is 2.67. The Kier molecular flexibility index (Phi) is 6.53. The Balaban J connectivity index is 2.18. The monoisotopic (exact) mass is 330 g/mol. The first-order valence-corrected chi connectivity index (χ1v) is 8.47. The SMILES string of the molecule is C=C(c1ccc(CCCCC)cc1)c1ccc(OCC)c(F)c1F. The van der Waals surface area contributed by atoms with Crippen LogP contribution in [0.1, 0.15) is 49.8 Å². The van der Waals surface area contributed by atoms with Crippen molar-refractivity contribution in [2.45, 2.75) is 39.5 Å². The normalized spacial score (nSPS) is 10.7. The van der Waals surface area contributed by atoms with E-state index in [4.69, 9.17) is 4.74 Å². The Morgan fingerprint density at radius 2 is 1.67 bits per heavy atom. The summed E-state index contributed by atoms with van der Waals surface area (Å²) in [7, 11) is 0. The van der Waals surface area contributed by atoms with Gasteiger partial charge in [-0.05, 0) is 48.6 Å². The molecule has 0 aliphatic heterocycles. The lowest BCUT2D eigenvalue weighted by molar-refractivity contribution is 0.314. The minimum atomic E-state index is -0.966. The predicted octanol–water partition coefficient (Wildman–Crippen LogP) is 6.16. The van der Waals surface area contributed by atoms with Crippen molar-refractivity contribution in [2.75, 3.05) is 6.61 Å². The van der Waals surface area contributed by atoms with Crippen LogP contribution in [0.3, 0.4) is 0 Å². The fourth-order valence-electron chi connectivity index (χ4n) is 2.64. The highest BCUT2D eigenvalue weighted by Crippen LogP contribution is 2.30. The molecular weight excluding hydrogens is 306 g/mol. The molecule has 0 heterocycles. The second-order valence-electron chi connectivity index (χ2n) is 5.80. The third-order valence-corrected chi connectivity index (χ3v) is 4.04. The van der Waals surface area contributed by atoms with Crippen molar-refractivity contribution >= 4 is 5.57 Å². The van der Waals surface area contributed by atoms with Gasteiger partial charge in [-0.15, -0.1) is 0 Å². The molecule has 0 aromatic heterocycles. The highest BCUT2D eigenvalue weighted by molar-refractivity contribution is 5.78. The topological polar surface area (TPSA) is 9.23 Å². The predicted molar refractivity (Wildman–Crippen MR) is 95.3 cm³/mol. The maximum absolute atomic E-state index is 14.3. The Bertz CT molecular complexity index is 690. The molecule has 0 atom stereocenters. The van der Waals surface area contributed by atoms with Crippen LogP contribution in [-0.4, -0.2) is 6.61 Å². The van der Waals surface area contributed by atoms with Crippen LogP contribution in [-0.2, 0) is 6.42 Å². The summed E-state index contributed by atoms with van der Waals surface area (Å²) in [6.45, 7) is 8.12. The summed E-state index contributed by atoms with van der Waals surface area (Å²) >= 11 is 0. The maximum Gasteiger partial charge on any atom is 0.201 e. The number of benzene rings is 2. The average Bonchev–Trinajstić information content (AvgIpc) is 2.60. The van der Waals surface area contributed by atoms with Gasteiger partial charge in [-0.3, -0.25) is 0 Å². The number of aryl methyl sites for hydroxylation is 1. The van der Waals surface area contributed by atoms with Crippen LogP contribution in [0.2, 0.25) is 0 Å². The summed E-state index contributed by atoms with van der Waals surface area (Å²) in [4.78, 5) is 0. The van der Waals surface area contributed by atoms with Gasteiger partial charge in [0, 0.05) is 5.56 Å². The van der Waals surface area contributed by atoms with Crippen molar-refractivity contribution in [3.05, 3.63) is 71.3 Å². The van der Waals surface area contributed by atoms with E-state index in [-0.39, 0.29) is 17.9 Å². The van der Waals surface area contributed by atoms with E-state index in [0.29, 0.717) is 5.57 Å². The van der Waals surface area contributed by atoms with Crippen molar-refractivity contribution < 1.29 is 13.5 Å². The van der Waals surface area contributed by atoms with Gasteiger partial charge in [0.2, 0.25) is 5.82 Å². The molecule has 0 bridgehead atoms. The highest BCUT2D eigenvalue weighted by atomic mass is 19.2. The Hall–Kier alpha value is -2.16. The minimum Gasteiger partial charge on any atom is -0.491 e. The van der Waals surface area contributed by atoms with Crippen LogP contribution in [0.15, 0.2) is 43.0 Å². The molecule has 2 aromatic carbocycles. The first-order chi connectivity index (χ1) is 11.6. The van der Waals surface area contributed by atoms with Gasteiger partial charge in [0.1, 0.15) is 0 Å². The lowest BCUT2D eigenvalue weighted by Crippen LogP contribution is -2.00. The molecule has 0 fully saturated rings. The van der Waals surface area contributed by atoms with E-state index in [9.17, 15) is 8.78 Å². The number of unbranched alkanes of at least 4 members (excludes halogenated alkanes) is 2. The molecular formula is C21H24F2O. The van der Waals surface area contributed by atoms with E-state index in [1.807, 2.05) is 24.3 Å². The molecule has 1 nitrogen and oxygen atoms in total. The summed E-state index contributed by atoms with van der Waals surface area (Å²) in [5.74, 6) is -1.96. The van der Waals surface area contributed by atoms with Gasteiger partial charge in [0.05, 0.1) is 6.61 Å². The number of ether oxygens (including phenoxy) is 1. The Morgan fingerprint density at radius 1 is 0.958 bits per heavy atom. The maximum atomic E-state index is 14.3. The van der Waals surface area contributed by atoms with Gasteiger partial charge in [-0.1, -0.05) is 50.6 Å². The van der Waals surface area contributed by atoms with Crippen LogP contribution in [0.5, 0.6) is 5.75 Å². The van der Waals surface area contributed by atoms with E-state index in [0.717, 1.165) is 18.4 Å². The molecule has 3 heteroatoms. The molecule has 2 aromatic rings. The van der Waals surface area contributed by atoms with Gasteiger partial charge in [0.15, 0.2) is 11.6 Å². The highest BCUT2D eigenvalue weighted by Gasteiger charge is 2.17. The zero-order chi connectivity index (χ0) is 17.5. The van der Waals surface area contributed by atoms with Gasteiger partial charge in [0.25, 0.3) is 0 Å². The van der Waals surface area contributed by atoms with Crippen LogP contribution in [0, 0.1) is 11.6 Å². The molecule has 0 unspecified atom stereocenters. The Labute approximate surface area is 143 Å². The largest absolute Gasteiger partial charge is 0.491 e. The van der Waals surface area contributed by atoms with Crippen LogP contribution < -0.4 is 4.74 Å². The van der Waals surface area contributed by atoms with Gasteiger partial charge < -0.3 is 4.74 Å². The summed E-state index contributed by atoms with van der Waals surface area (Å²) in [5, 5.41) is 0. The molecule has 0 radical (unpaired) electrons. The van der Waals surface area contributed by atoms with E-state index in [1.165, 1.54) is 30.5 Å². The fourth-order valence-corrected chi connectivity index (χ4v) is 2.64. The quantitative estimate of drug-likeness (QED) is 0.527. The van der Waals surface area contributed by atoms with Crippen molar-refractivity contribution in [1.29, 1.82) is 0 Å². The second-order valence-corrected chi connectivity index (χ2v) is 5.80. The molecule has 2 rings (SSSR count). The van der Waals surface area contributed by atoms with Crippen molar-refractivity contribution in [3.8, 4) is 5.75 Å². The summed E-state index contributed by atoms with van der Waals surface area (Å²) in [6, 6.07) is 10.8. The van der Waals surface area contributed by atoms with Crippen LogP contribution in [0.4, 0.5) is 8.78 Å². The number of rotatable bonds is 8. The summed E-state index contributed by atoms with van der Waals surface area (Å²) < 4.78 is 33.4. The smallest absolute Gasteiger partial charge is 0.201 e. The second kappa shape index (κ2) is 8.62. The number of hydrogen-bond acceptors (Lipinski definition) is 1. The molecule has 0 N–H and O–H groups in total. The lowest BCUT2D eigenvalue weighted by atomic mass is 9.97. The van der Waals surface area contributed by atoms with Gasteiger partial charge >= 0.3 is 0 Å². The van der Waals surface area contributed by atoms with Crippen molar-refractivity contribution in [3.63, 3.8) is 0 Å². The van der Waals surface area contributed by atoms with Crippen molar-refractivity contribution in [1.82, 2.24) is 0 Å². The zero-order valence-corrected chi connectivity index (χ0v) is 14.4. The standard InChI is InChI=1S/C21H24F2O/c1-4-6-7-8-16-9-11-17(12-10-16)15(3)18-13-14-19(24-5-2)21(23)20(18)22/h9-14H,3-8H2,1-2H3. The Morgan fingerprint density at radius 3 is 2.29 bits per heavy atom. The molecule has 0 saturated carbocycles. The summed E-state index contributed by atoms with van der Waals surface area (Å²) in [6.07, 6.45) is 4.60. The van der Waals surface area contributed by atoms with Crippen LogP contribution >= 0.6 is 0 Å². The third-order valence-electron chi connectivity index (χ3n) is 4.04. The van der Waals surface area contributed by atoms with E-state index >= 15 is 0 Å². The minimum absolute atomic E-state index is 0.0715. The molecule has 128 valence electrons. The van der Waals surface area contributed by atoms with Gasteiger partial charge in [-0.2, -0.15) is 4.39 Å². The lowest BCUT2D eigenvalue weighted by Gasteiger charge is -2.12. The van der Waals surface area contributed by atoms with Crippen molar-refractivity contribution in [2.24, 2.45) is 0 Å². The van der Waals surface area contributed by atoms with Crippen LogP contribution in [0.25, 0.3) is 5.57 Å². The number of hydrogen-bond donors (Lipinski definition) is 0. The molecule has 24 heavy (non-hydrogen) atoms. The van der Waals surface area contributed by atoms with E-state index in [1.54, 1.807) is 6.92 Å². The third kappa shape index (κ3) is 4.22. The molecule has 0 aliphatic carbocycles. The molecule has 0 amide bonds. The molecule has 0 saturated heterocycles. The van der Waals surface area contributed by atoms with E-state index < -0.39 is 11.6 Å². The first-order valence-electron chi connectivity index (χ1n) is 8.47. The van der Waals surface area contributed by atoms with Gasteiger partial charge in [-0.25, -0.2) is 4.39 Å². The van der Waals surface area contributed by atoms with E-state index in [2.05, 4.69) is 13.5 Å². The first kappa shape index (κ1) is 18.2. The fraction of sp³-hybridized carbons (Fsp3) is 0.333. The number of halogens is 2. The molecule has 0 spiro atoms. The average molecular weight is 330 g/mol. The molecule has 0 aliphatic rings. The zero-order valence-electron chi connectivity index (χ0n) is 14.4.